The van der Waals surface area contributed by atoms with E-state index in [2.05, 4.69) is 17.5 Å². The zero-order valence-electron chi connectivity index (χ0n) is 20.3. The number of hydrogen-bond donors (Lipinski definition) is 1. The molecule has 0 aliphatic rings. The van der Waals surface area contributed by atoms with Gasteiger partial charge in [-0.2, -0.15) is 5.10 Å². The highest BCUT2D eigenvalue weighted by Gasteiger charge is 2.12. The number of nitrogens with one attached hydrogen (secondary N) is 1. The number of hydrazone groups is 1. The molecule has 190 valence electrons. The second-order valence-corrected chi connectivity index (χ2v) is 8.17. The fourth-order valence-electron chi connectivity index (χ4n) is 3.12. The Morgan fingerprint density at radius 1 is 0.972 bits per heavy atom. The molecular weight excluding hydrogens is 486 g/mol. The number of nitrogens with zero attached hydrogens (tertiary/aromatic N) is 2. The second-order valence-electron chi connectivity index (χ2n) is 7.76. The Balaban J connectivity index is 1.44. The minimum absolute atomic E-state index is 0.00712. The average Bonchev–Trinajstić information content (AvgIpc) is 2.86. The first-order chi connectivity index (χ1) is 17.4. The molecule has 0 aliphatic carbocycles. The first-order valence-corrected chi connectivity index (χ1v) is 11.6. The van der Waals surface area contributed by atoms with Crippen molar-refractivity contribution in [3.8, 4) is 17.2 Å². The fraction of sp³-hybridized carbons (Fsp3) is 0.269. The van der Waals surface area contributed by atoms with Gasteiger partial charge in [0.2, 0.25) is 0 Å². The minimum atomic E-state index is -0.459. The Bertz CT molecular complexity index is 1200. The van der Waals surface area contributed by atoms with Crippen molar-refractivity contribution in [3.05, 3.63) is 86.4 Å². The van der Waals surface area contributed by atoms with E-state index in [0.29, 0.717) is 47.6 Å². The minimum Gasteiger partial charge on any atom is -0.493 e. The van der Waals surface area contributed by atoms with Crippen LogP contribution in [0.1, 0.15) is 16.7 Å². The highest BCUT2D eigenvalue weighted by Crippen LogP contribution is 2.36. The third kappa shape index (κ3) is 7.86. The Kier molecular flexibility index (Phi) is 9.91. The molecule has 0 amide bonds. The Morgan fingerprint density at radius 3 is 2.36 bits per heavy atom. The molecular formula is C26H28ClN3O6. The van der Waals surface area contributed by atoms with Gasteiger partial charge >= 0.3 is 0 Å². The number of nitro benzene ring substituents is 1. The first kappa shape index (κ1) is 26.8. The molecule has 0 unspecified atom stereocenters. The molecule has 1 N–H and O–H groups in total. The molecule has 0 spiro atoms. The molecule has 0 radical (unpaired) electrons. The maximum absolute atomic E-state index is 10.7. The summed E-state index contributed by atoms with van der Waals surface area (Å²) >= 11 is 6.40. The molecule has 0 saturated heterocycles. The van der Waals surface area contributed by atoms with Crippen molar-refractivity contribution in [2.24, 2.45) is 5.10 Å². The smallest absolute Gasteiger partial charge is 0.269 e. The highest BCUT2D eigenvalue weighted by molar-refractivity contribution is 6.32. The Labute approximate surface area is 214 Å². The predicted molar refractivity (Wildman–Crippen MR) is 140 cm³/mol. The lowest BCUT2D eigenvalue weighted by Gasteiger charge is -2.13. The largest absolute Gasteiger partial charge is 0.493 e. The second kappa shape index (κ2) is 13.3. The van der Waals surface area contributed by atoms with Crippen molar-refractivity contribution >= 4 is 29.2 Å². The van der Waals surface area contributed by atoms with E-state index in [1.165, 1.54) is 30.4 Å². The van der Waals surface area contributed by atoms with Gasteiger partial charge in [0.05, 0.1) is 42.2 Å². The van der Waals surface area contributed by atoms with Gasteiger partial charge in [0.1, 0.15) is 19.0 Å². The lowest BCUT2D eigenvalue weighted by Crippen LogP contribution is -2.12. The third-order valence-electron chi connectivity index (χ3n) is 5.19. The van der Waals surface area contributed by atoms with Crippen LogP contribution in [0.5, 0.6) is 17.2 Å². The number of hydrogen-bond acceptors (Lipinski definition) is 8. The molecule has 3 aromatic carbocycles. The maximum Gasteiger partial charge on any atom is 0.269 e. The molecule has 3 aromatic rings. The first-order valence-electron chi connectivity index (χ1n) is 11.2. The van der Waals surface area contributed by atoms with Gasteiger partial charge in [-0.15, -0.1) is 0 Å². The van der Waals surface area contributed by atoms with Crippen LogP contribution in [-0.2, 0) is 4.74 Å². The lowest BCUT2D eigenvalue weighted by atomic mass is 10.1. The van der Waals surface area contributed by atoms with E-state index in [9.17, 15) is 10.1 Å². The van der Waals surface area contributed by atoms with E-state index < -0.39 is 4.92 Å². The van der Waals surface area contributed by atoms with E-state index in [4.69, 9.17) is 30.5 Å². The number of nitro groups is 1. The molecule has 0 atom stereocenters. The van der Waals surface area contributed by atoms with Crippen LogP contribution in [0.4, 0.5) is 11.4 Å². The van der Waals surface area contributed by atoms with Crippen molar-refractivity contribution in [1.29, 1.82) is 0 Å². The summed E-state index contributed by atoms with van der Waals surface area (Å²) in [5, 5.41) is 15.2. The van der Waals surface area contributed by atoms with Crippen molar-refractivity contribution < 1.29 is 23.9 Å². The number of methoxy groups -OCH3 is 1. The van der Waals surface area contributed by atoms with Gasteiger partial charge in [0.25, 0.3) is 5.69 Å². The SMILES string of the molecule is COc1cc(/C=N\Nc2ccc([N+](=O)[O-])cc2)cc(Cl)c1OCCOCCOc1ccc(C)c(C)c1. The summed E-state index contributed by atoms with van der Waals surface area (Å²) < 4.78 is 22.5. The molecule has 0 saturated carbocycles. The molecule has 10 heteroatoms. The zero-order valence-corrected chi connectivity index (χ0v) is 21.1. The summed E-state index contributed by atoms with van der Waals surface area (Å²) in [6, 6.07) is 15.3. The van der Waals surface area contributed by atoms with E-state index in [1.54, 1.807) is 30.5 Å². The molecule has 0 fully saturated rings. The van der Waals surface area contributed by atoms with Crippen LogP contribution in [0.2, 0.25) is 5.02 Å². The van der Waals surface area contributed by atoms with Crippen LogP contribution < -0.4 is 19.6 Å². The van der Waals surface area contributed by atoms with E-state index >= 15 is 0 Å². The molecule has 36 heavy (non-hydrogen) atoms. The van der Waals surface area contributed by atoms with Crippen LogP contribution in [0.15, 0.2) is 59.7 Å². The molecule has 0 bridgehead atoms. The number of aryl methyl sites for hydroxylation is 2. The maximum atomic E-state index is 10.7. The predicted octanol–water partition coefficient (Wildman–Crippen LogP) is 5.79. The fourth-order valence-corrected chi connectivity index (χ4v) is 3.39. The van der Waals surface area contributed by atoms with Gasteiger partial charge in [-0.3, -0.25) is 15.5 Å². The van der Waals surface area contributed by atoms with Gasteiger partial charge in [-0.1, -0.05) is 17.7 Å². The van der Waals surface area contributed by atoms with Crippen molar-refractivity contribution in [2.75, 3.05) is 39.0 Å². The molecule has 9 nitrogen and oxygen atoms in total. The zero-order chi connectivity index (χ0) is 25.9. The molecule has 0 heterocycles. The van der Waals surface area contributed by atoms with Crippen molar-refractivity contribution in [2.45, 2.75) is 13.8 Å². The quantitative estimate of drug-likeness (QED) is 0.133. The summed E-state index contributed by atoms with van der Waals surface area (Å²) in [5.41, 5.74) is 6.51. The number of anilines is 1. The number of non-ortho nitro benzene ring substituents is 1. The molecule has 3 rings (SSSR count). The van der Waals surface area contributed by atoms with Gasteiger partial charge in [0.15, 0.2) is 11.5 Å². The number of ether oxygens (including phenoxy) is 4. The highest BCUT2D eigenvalue weighted by atomic mass is 35.5. The van der Waals surface area contributed by atoms with Crippen LogP contribution >= 0.6 is 11.6 Å². The van der Waals surface area contributed by atoms with Crippen LogP contribution in [-0.4, -0.2) is 44.7 Å². The normalized spacial score (nSPS) is 10.9. The average molecular weight is 514 g/mol. The monoisotopic (exact) mass is 513 g/mol. The topological polar surface area (TPSA) is 104 Å². The summed E-state index contributed by atoms with van der Waals surface area (Å²) in [4.78, 5) is 10.3. The van der Waals surface area contributed by atoms with Gasteiger partial charge < -0.3 is 18.9 Å². The van der Waals surface area contributed by atoms with Crippen LogP contribution in [0.25, 0.3) is 0 Å². The van der Waals surface area contributed by atoms with E-state index in [0.717, 1.165) is 5.75 Å². The van der Waals surface area contributed by atoms with Gasteiger partial charge in [0, 0.05) is 12.1 Å². The van der Waals surface area contributed by atoms with Crippen molar-refractivity contribution in [3.63, 3.8) is 0 Å². The Hall–Kier alpha value is -3.82. The lowest BCUT2D eigenvalue weighted by molar-refractivity contribution is -0.384. The number of rotatable bonds is 13. The van der Waals surface area contributed by atoms with Gasteiger partial charge in [-0.25, -0.2) is 0 Å². The third-order valence-corrected chi connectivity index (χ3v) is 5.47. The summed E-state index contributed by atoms with van der Waals surface area (Å²) in [5.74, 6) is 1.69. The van der Waals surface area contributed by atoms with Crippen LogP contribution in [0.3, 0.4) is 0 Å². The van der Waals surface area contributed by atoms with Crippen molar-refractivity contribution in [1.82, 2.24) is 0 Å². The van der Waals surface area contributed by atoms with Crippen LogP contribution in [0, 0.1) is 24.0 Å². The van der Waals surface area contributed by atoms with E-state index in [1.807, 2.05) is 25.1 Å². The summed E-state index contributed by atoms with van der Waals surface area (Å²) in [6.07, 6.45) is 1.55. The number of benzene rings is 3. The molecule has 0 aromatic heterocycles. The summed E-state index contributed by atoms with van der Waals surface area (Å²) in [6.45, 7) is 5.62. The number of halogens is 1. The Morgan fingerprint density at radius 2 is 1.69 bits per heavy atom. The van der Waals surface area contributed by atoms with E-state index in [-0.39, 0.29) is 12.3 Å². The standard InChI is InChI=1S/C26H28ClN3O6/c1-18-4-9-23(14-19(18)2)35-12-10-34-11-13-36-26-24(27)15-20(16-25(26)33-3)17-28-29-21-5-7-22(8-6-21)30(31)32/h4-9,14-17,29H,10-13H2,1-3H3/b28-17-. The van der Waals surface area contributed by atoms with Gasteiger partial charge in [-0.05, 0) is 66.9 Å². The summed E-state index contributed by atoms with van der Waals surface area (Å²) in [7, 11) is 1.52. The molecule has 0 aliphatic heterocycles.